The van der Waals surface area contributed by atoms with Crippen LogP contribution in [0.25, 0.3) is 0 Å². The van der Waals surface area contributed by atoms with E-state index in [-0.39, 0.29) is 0 Å². The van der Waals surface area contributed by atoms with Crippen molar-refractivity contribution in [1.82, 2.24) is 0 Å². The smallest absolute Gasteiger partial charge is 0.247 e. The van der Waals surface area contributed by atoms with Crippen LogP contribution in [0.1, 0.15) is 6.92 Å². The number of hydrogen-bond donors (Lipinski definition) is 0. The molecule has 0 aliphatic heterocycles. The molecule has 0 amide bonds. The zero-order valence-electron chi connectivity index (χ0n) is 4.60. The SMILES string of the molecule is CC(F)(CF)C(F)(Cl)Cl. The van der Waals surface area contributed by atoms with Crippen LogP contribution in [0.4, 0.5) is 13.2 Å². The molecular weight excluding hydrogens is 176 g/mol. The van der Waals surface area contributed by atoms with E-state index in [1.165, 1.54) is 0 Å². The van der Waals surface area contributed by atoms with Gasteiger partial charge in [-0.15, -0.1) is 0 Å². The van der Waals surface area contributed by atoms with E-state index in [1.807, 2.05) is 0 Å². The van der Waals surface area contributed by atoms with Crippen LogP contribution in [0.15, 0.2) is 0 Å². The molecule has 0 aromatic carbocycles. The molecule has 9 heavy (non-hydrogen) atoms. The van der Waals surface area contributed by atoms with Gasteiger partial charge in [0.25, 0.3) is 4.59 Å². The predicted octanol–water partition coefficient (Wildman–Crippen LogP) is 2.79. The van der Waals surface area contributed by atoms with E-state index in [9.17, 15) is 13.2 Å². The van der Waals surface area contributed by atoms with Crippen molar-refractivity contribution in [2.24, 2.45) is 0 Å². The second-order valence-electron chi connectivity index (χ2n) is 1.83. The van der Waals surface area contributed by atoms with E-state index in [2.05, 4.69) is 23.2 Å². The molecule has 0 fully saturated rings. The third kappa shape index (κ3) is 2.22. The molecule has 0 bridgehead atoms. The van der Waals surface area contributed by atoms with Gasteiger partial charge in [0, 0.05) is 0 Å². The van der Waals surface area contributed by atoms with Gasteiger partial charge in [0.15, 0.2) is 5.67 Å². The van der Waals surface area contributed by atoms with Crippen molar-refractivity contribution in [3.05, 3.63) is 0 Å². The Morgan fingerprint density at radius 1 is 1.33 bits per heavy atom. The lowest BCUT2D eigenvalue weighted by Crippen LogP contribution is -2.37. The van der Waals surface area contributed by atoms with Crippen LogP contribution in [0.5, 0.6) is 0 Å². The van der Waals surface area contributed by atoms with E-state index in [1.54, 1.807) is 0 Å². The standard InChI is InChI=1S/C4H5Cl2F3/c1-3(8,2-7)4(5,6)9/h2H2,1H3. The highest BCUT2D eigenvalue weighted by atomic mass is 35.5. The van der Waals surface area contributed by atoms with Gasteiger partial charge in [-0.25, -0.2) is 13.2 Å². The summed E-state index contributed by atoms with van der Waals surface area (Å²) in [5.74, 6) is 0. The number of alkyl halides is 5. The molecule has 0 rings (SSSR count). The molecule has 0 aliphatic rings. The molecule has 0 aromatic heterocycles. The summed E-state index contributed by atoms with van der Waals surface area (Å²) in [5.41, 5.74) is -2.82. The monoisotopic (exact) mass is 180 g/mol. The van der Waals surface area contributed by atoms with Crippen LogP contribution in [-0.4, -0.2) is 16.9 Å². The van der Waals surface area contributed by atoms with Gasteiger partial charge in [-0.2, -0.15) is 0 Å². The van der Waals surface area contributed by atoms with Crippen molar-refractivity contribution in [2.75, 3.05) is 6.67 Å². The van der Waals surface area contributed by atoms with Crippen molar-refractivity contribution in [1.29, 1.82) is 0 Å². The Morgan fingerprint density at radius 2 is 1.67 bits per heavy atom. The Hall–Kier alpha value is 0.370. The molecule has 1 unspecified atom stereocenters. The number of hydrogen-bond acceptors (Lipinski definition) is 0. The predicted molar refractivity (Wildman–Crippen MR) is 31.0 cm³/mol. The molecule has 0 saturated carbocycles. The fourth-order valence-corrected chi connectivity index (χ4v) is 0.177. The minimum atomic E-state index is -3.15. The van der Waals surface area contributed by atoms with Gasteiger partial charge in [-0.05, 0) is 6.92 Å². The molecule has 0 nitrogen and oxygen atoms in total. The fourth-order valence-electron chi connectivity index (χ4n) is 0.0758. The largest absolute Gasteiger partial charge is 0.293 e. The average Bonchev–Trinajstić information content (AvgIpc) is 1.64. The van der Waals surface area contributed by atoms with E-state index in [0.717, 1.165) is 0 Å². The lowest BCUT2D eigenvalue weighted by atomic mass is 10.2. The topological polar surface area (TPSA) is 0 Å². The maximum atomic E-state index is 12.3. The Balaban J connectivity index is 4.14. The summed E-state index contributed by atoms with van der Waals surface area (Å²) in [6.07, 6.45) is 0. The van der Waals surface area contributed by atoms with Crippen LogP contribution >= 0.6 is 23.2 Å². The van der Waals surface area contributed by atoms with E-state index in [0.29, 0.717) is 6.92 Å². The second-order valence-corrected chi connectivity index (χ2v) is 3.06. The van der Waals surface area contributed by atoms with Crippen molar-refractivity contribution < 1.29 is 13.2 Å². The highest BCUT2D eigenvalue weighted by molar-refractivity contribution is 6.47. The summed E-state index contributed by atoms with van der Waals surface area (Å²) in [7, 11) is 0. The van der Waals surface area contributed by atoms with Crippen LogP contribution in [0, 0.1) is 0 Å². The first kappa shape index (κ1) is 9.37. The van der Waals surface area contributed by atoms with Crippen LogP contribution < -0.4 is 0 Å². The maximum Gasteiger partial charge on any atom is 0.293 e. The summed E-state index contributed by atoms with van der Waals surface area (Å²) >= 11 is 9.22. The Labute approximate surface area is 60.9 Å². The Bertz CT molecular complexity index is 96.5. The summed E-state index contributed by atoms with van der Waals surface area (Å²) in [5, 5.41) is 0. The van der Waals surface area contributed by atoms with E-state index < -0.39 is 16.9 Å². The summed E-state index contributed by atoms with van der Waals surface area (Å²) < 4.78 is 32.7. The molecule has 0 radical (unpaired) electrons. The Morgan fingerprint density at radius 3 is 1.67 bits per heavy atom. The van der Waals surface area contributed by atoms with Gasteiger partial charge in [0.2, 0.25) is 0 Å². The molecule has 0 spiro atoms. The van der Waals surface area contributed by atoms with Crippen molar-refractivity contribution in [3.63, 3.8) is 0 Å². The molecule has 0 saturated heterocycles. The summed E-state index contributed by atoms with van der Waals surface area (Å²) in [6.45, 7) is -0.899. The lowest BCUT2D eigenvalue weighted by Gasteiger charge is -2.22. The minimum absolute atomic E-state index is 0.646. The van der Waals surface area contributed by atoms with E-state index in [4.69, 9.17) is 0 Å². The first-order valence-corrected chi connectivity index (χ1v) is 2.88. The van der Waals surface area contributed by atoms with Crippen LogP contribution in [-0.2, 0) is 0 Å². The summed E-state index contributed by atoms with van der Waals surface area (Å²) in [4.78, 5) is 0. The Kier molecular flexibility index (Phi) is 2.65. The molecule has 56 valence electrons. The molecule has 0 aromatic rings. The molecule has 0 N–H and O–H groups in total. The van der Waals surface area contributed by atoms with Gasteiger partial charge in [-0.1, -0.05) is 23.2 Å². The first-order valence-electron chi connectivity index (χ1n) is 2.13. The second kappa shape index (κ2) is 2.54. The van der Waals surface area contributed by atoms with Gasteiger partial charge in [0.05, 0.1) is 0 Å². The molecule has 5 heteroatoms. The van der Waals surface area contributed by atoms with Crippen LogP contribution in [0.3, 0.4) is 0 Å². The number of rotatable bonds is 2. The highest BCUT2D eigenvalue weighted by Gasteiger charge is 2.47. The molecule has 1 atom stereocenters. The van der Waals surface area contributed by atoms with E-state index >= 15 is 0 Å². The molecular formula is C4H5Cl2F3. The minimum Gasteiger partial charge on any atom is -0.247 e. The molecule has 0 heterocycles. The molecule has 0 aliphatic carbocycles. The zero-order valence-corrected chi connectivity index (χ0v) is 6.11. The van der Waals surface area contributed by atoms with Crippen molar-refractivity contribution in [3.8, 4) is 0 Å². The van der Waals surface area contributed by atoms with Crippen molar-refractivity contribution in [2.45, 2.75) is 17.2 Å². The normalized spacial score (nSPS) is 19.3. The third-order valence-corrected chi connectivity index (χ3v) is 1.63. The van der Waals surface area contributed by atoms with Crippen molar-refractivity contribution >= 4 is 23.2 Å². The van der Waals surface area contributed by atoms with Gasteiger partial charge in [-0.3, -0.25) is 0 Å². The average molecular weight is 181 g/mol. The summed E-state index contributed by atoms with van der Waals surface area (Å²) in [6, 6.07) is 0. The van der Waals surface area contributed by atoms with Gasteiger partial charge >= 0.3 is 0 Å². The maximum absolute atomic E-state index is 12.3. The lowest BCUT2D eigenvalue weighted by molar-refractivity contribution is 0.0618. The highest BCUT2D eigenvalue weighted by Crippen LogP contribution is 2.38. The van der Waals surface area contributed by atoms with Gasteiger partial charge < -0.3 is 0 Å². The van der Waals surface area contributed by atoms with Crippen LogP contribution in [0.2, 0.25) is 0 Å². The number of halogens is 5. The first-order chi connectivity index (χ1) is 3.81. The quantitative estimate of drug-likeness (QED) is 0.574. The third-order valence-electron chi connectivity index (χ3n) is 0.842. The zero-order chi connectivity index (χ0) is 7.71. The van der Waals surface area contributed by atoms with Gasteiger partial charge in [0.1, 0.15) is 6.67 Å². The fraction of sp³-hybridized carbons (Fsp3) is 1.00.